The van der Waals surface area contributed by atoms with E-state index in [0.29, 0.717) is 40.9 Å². The van der Waals surface area contributed by atoms with Crippen molar-refractivity contribution in [2.24, 2.45) is 5.92 Å². The lowest BCUT2D eigenvalue weighted by molar-refractivity contribution is -0.133. The molecule has 2 fully saturated rings. The molecule has 1 aliphatic heterocycles. The molecule has 6 rings (SSSR count). The number of nitrogens with zero attached hydrogens (tertiary/aromatic N) is 3. The molecule has 1 N–H and O–H groups in total. The molecule has 1 aliphatic carbocycles. The van der Waals surface area contributed by atoms with Crippen LogP contribution in [0, 0.1) is 11.7 Å². The monoisotopic (exact) mass is 604 g/mol. The lowest BCUT2D eigenvalue weighted by Gasteiger charge is -2.35. The number of nitrogens with one attached hydrogen (secondary N) is 1. The summed E-state index contributed by atoms with van der Waals surface area (Å²) in [5, 5.41) is 3.18. The number of benzene rings is 2. The third-order valence-electron chi connectivity index (χ3n) is 8.58. The zero-order valence-corrected chi connectivity index (χ0v) is 25.0. The zero-order valence-electron chi connectivity index (χ0n) is 24.2. The molecule has 2 unspecified atom stereocenters. The third-order valence-corrected chi connectivity index (χ3v) is 9.77. The van der Waals surface area contributed by atoms with E-state index in [9.17, 15) is 22.4 Å². The van der Waals surface area contributed by atoms with Gasteiger partial charge in [0.2, 0.25) is 15.9 Å². The maximum atomic E-state index is 13.7. The van der Waals surface area contributed by atoms with E-state index in [1.165, 1.54) is 42.7 Å². The fourth-order valence-corrected chi connectivity index (χ4v) is 6.65. The average molecular weight is 605 g/mol. The number of halogens is 1. The molecule has 2 amide bonds. The summed E-state index contributed by atoms with van der Waals surface area (Å²) >= 11 is 0. The van der Waals surface area contributed by atoms with Crippen molar-refractivity contribution < 1.29 is 26.8 Å². The molecule has 3 atom stereocenters. The van der Waals surface area contributed by atoms with Gasteiger partial charge in [-0.05, 0) is 67.3 Å². The van der Waals surface area contributed by atoms with Gasteiger partial charge >= 0.3 is 0 Å². The van der Waals surface area contributed by atoms with Crippen LogP contribution in [0.2, 0.25) is 0 Å². The molecule has 2 aliphatic rings. The summed E-state index contributed by atoms with van der Waals surface area (Å²) in [6.45, 7) is 1.06. The van der Waals surface area contributed by atoms with Crippen LogP contribution in [0.3, 0.4) is 0 Å². The number of carbonyl (C=O) groups is 2. The molecule has 0 bridgehead atoms. The number of furan rings is 1. The summed E-state index contributed by atoms with van der Waals surface area (Å²) < 4.78 is 46.6. The molecule has 0 radical (unpaired) electrons. The molecule has 224 valence electrons. The summed E-state index contributed by atoms with van der Waals surface area (Å²) in [6.07, 6.45) is 5.14. The van der Waals surface area contributed by atoms with E-state index in [4.69, 9.17) is 4.42 Å². The van der Waals surface area contributed by atoms with Gasteiger partial charge in [-0.25, -0.2) is 12.8 Å². The van der Waals surface area contributed by atoms with Crippen molar-refractivity contribution in [2.75, 3.05) is 37.7 Å². The van der Waals surface area contributed by atoms with Crippen molar-refractivity contribution in [2.45, 2.75) is 31.1 Å². The Bertz CT molecular complexity index is 1810. The standard InChI is InChI=1S/C32H33FN4O5S/c1-34-31(38)29-25-15-22(20-7-6-14-37(18-20)32(39)24-16-23(24)26-8-4-5-13-35-26)27(36(2)43(3,40)41)17-28(25)42-30(29)19-9-11-21(33)12-10-19/h4-5,8-13,15,17,20,23-24H,6-7,14,16,18H2,1-3H3,(H,34,38)/t20-,23?,24?/m1/s1. The summed E-state index contributed by atoms with van der Waals surface area (Å²) in [5.74, 6) is -0.626. The fraction of sp³-hybridized carbons (Fsp3) is 0.344. The third kappa shape index (κ3) is 5.49. The number of likely N-dealkylation sites (tertiary alicyclic amines) is 1. The quantitative estimate of drug-likeness (QED) is 0.321. The minimum atomic E-state index is -3.65. The number of fused-ring (bicyclic) bond motifs is 1. The Kier molecular flexibility index (Phi) is 7.45. The molecule has 4 aromatic rings. The van der Waals surface area contributed by atoms with Crippen LogP contribution < -0.4 is 9.62 Å². The molecule has 3 heterocycles. The molecule has 2 aromatic carbocycles. The maximum absolute atomic E-state index is 13.7. The lowest BCUT2D eigenvalue weighted by Crippen LogP contribution is -2.40. The predicted molar refractivity (Wildman–Crippen MR) is 162 cm³/mol. The minimum absolute atomic E-state index is 0.0902. The first-order chi connectivity index (χ1) is 20.6. The van der Waals surface area contributed by atoms with Crippen molar-refractivity contribution in [3.05, 3.63) is 83.4 Å². The van der Waals surface area contributed by atoms with Crippen LogP contribution in [0.1, 0.15) is 52.7 Å². The number of hydrogen-bond donors (Lipinski definition) is 1. The number of rotatable bonds is 7. The second-order valence-corrected chi connectivity index (χ2v) is 13.4. The second kappa shape index (κ2) is 11.1. The van der Waals surface area contributed by atoms with Crippen LogP contribution in [0.5, 0.6) is 0 Å². The van der Waals surface area contributed by atoms with Crippen molar-refractivity contribution in [1.82, 2.24) is 15.2 Å². The number of pyridine rings is 1. The largest absolute Gasteiger partial charge is 0.455 e. The van der Waals surface area contributed by atoms with Gasteiger partial charge in [-0.3, -0.25) is 18.9 Å². The van der Waals surface area contributed by atoms with E-state index in [-0.39, 0.29) is 40.9 Å². The number of amides is 2. The smallest absolute Gasteiger partial charge is 0.255 e. The molecular formula is C32H33FN4O5S. The average Bonchev–Trinajstić information content (AvgIpc) is 3.73. The highest BCUT2D eigenvalue weighted by Crippen LogP contribution is 2.49. The summed E-state index contributed by atoms with van der Waals surface area (Å²) in [5.41, 5.74) is 3.18. The first-order valence-electron chi connectivity index (χ1n) is 14.3. The number of anilines is 1. The van der Waals surface area contributed by atoms with Gasteiger partial charge in [0.1, 0.15) is 17.2 Å². The summed E-state index contributed by atoms with van der Waals surface area (Å²) in [4.78, 5) is 33.1. The summed E-state index contributed by atoms with van der Waals surface area (Å²) in [6, 6.07) is 14.8. The van der Waals surface area contributed by atoms with Gasteiger partial charge in [-0.2, -0.15) is 0 Å². The van der Waals surface area contributed by atoms with Gasteiger partial charge in [-0.15, -0.1) is 0 Å². The minimum Gasteiger partial charge on any atom is -0.455 e. The van der Waals surface area contributed by atoms with Crippen molar-refractivity contribution >= 4 is 38.5 Å². The van der Waals surface area contributed by atoms with Crippen LogP contribution in [-0.2, 0) is 14.8 Å². The zero-order chi connectivity index (χ0) is 30.5. The topological polar surface area (TPSA) is 113 Å². The van der Waals surface area contributed by atoms with Crippen molar-refractivity contribution in [1.29, 1.82) is 0 Å². The van der Waals surface area contributed by atoms with E-state index in [1.807, 2.05) is 29.2 Å². The van der Waals surface area contributed by atoms with E-state index in [1.54, 1.807) is 12.3 Å². The Hall–Kier alpha value is -4.25. The Morgan fingerprint density at radius 3 is 2.58 bits per heavy atom. The molecule has 11 heteroatoms. The van der Waals surface area contributed by atoms with Crippen LogP contribution in [0.25, 0.3) is 22.3 Å². The highest BCUT2D eigenvalue weighted by atomic mass is 32.2. The van der Waals surface area contributed by atoms with Crippen LogP contribution in [-0.4, -0.2) is 63.6 Å². The highest BCUT2D eigenvalue weighted by molar-refractivity contribution is 7.92. The fourth-order valence-electron chi connectivity index (χ4n) is 6.14. The lowest BCUT2D eigenvalue weighted by atomic mass is 9.87. The Morgan fingerprint density at radius 2 is 1.91 bits per heavy atom. The predicted octanol–water partition coefficient (Wildman–Crippen LogP) is 4.90. The van der Waals surface area contributed by atoms with E-state index >= 15 is 0 Å². The van der Waals surface area contributed by atoms with Crippen LogP contribution in [0.4, 0.5) is 10.1 Å². The number of piperidine rings is 1. The summed E-state index contributed by atoms with van der Waals surface area (Å²) in [7, 11) is -0.655. The molecule has 43 heavy (non-hydrogen) atoms. The van der Waals surface area contributed by atoms with Gasteiger partial charge in [0.25, 0.3) is 5.91 Å². The van der Waals surface area contributed by atoms with Crippen LogP contribution >= 0.6 is 0 Å². The van der Waals surface area contributed by atoms with Gasteiger partial charge in [0.05, 0.1) is 17.5 Å². The van der Waals surface area contributed by atoms with Gasteiger partial charge < -0.3 is 14.6 Å². The van der Waals surface area contributed by atoms with Crippen molar-refractivity contribution in [3.8, 4) is 11.3 Å². The molecule has 1 saturated heterocycles. The van der Waals surface area contributed by atoms with Crippen LogP contribution in [0.15, 0.2) is 65.2 Å². The second-order valence-electron chi connectivity index (χ2n) is 11.4. The maximum Gasteiger partial charge on any atom is 0.255 e. The van der Waals surface area contributed by atoms with Gasteiger partial charge in [0, 0.05) is 73.8 Å². The highest BCUT2D eigenvalue weighted by Gasteiger charge is 2.47. The Morgan fingerprint density at radius 1 is 1.14 bits per heavy atom. The molecular weight excluding hydrogens is 571 g/mol. The Labute approximate surface area is 249 Å². The molecule has 0 spiro atoms. The number of sulfonamides is 1. The van der Waals surface area contributed by atoms with Crippen molar-refractivity contribution in [3.63, 3.8) is 0 Å². The first-order valence-corrected chi connectivity index (χ1v) is 16.1. The number of aromatic nitrogens is 1. The van der Waals surface area contributed by atoms with Gasteiger partial charge in [0.15, 0.2) is 0 Å². The van der Waals surface area contributed by atoms with E-state index in [2.05, 4.69) is 10.3 Å². The van der Waals surface area contributed by atoms with Gasteiger partial charge in [-0.1, -0.05) is 6.07 Å². The number of carbonyl (C=O) groups excluding carboxylic acids is 2. The molecule has 1 saturated carbocycles. The van der Waals surface area contributed by atoms with E-state index < -0.39 is 15.8 Å². The number of hydrogen-bond acceptors (Lipinski definition) is 6. The molecule has 9 nitrogen and oxygen atoms in total. The SMILES string of the molecule is CNC(=O)c1c(-c2ccc(F)cc2)oc2cc(N(C)S(C)(=O)=O)c([C@@H]3CCCN(C(=O)C4CC4c4ccccn4)C3)cc12. The first kappa shape index (κ1) is 28.9. The molecule has 2 aromatic heterocycles. The van der Waals surface area contributed by atoms with E-state index in [0.717, 1.165) is 31.2 Å². The Balaban J connectivity index is 1.41. The normalized spacial score (nSPS) is 20.2.